The van der Waals surface area contributed by atoms with Gasteiger partial charge in [0.05, 0.1) is 12.0 Å². The van der Waals surface area contributed by atoms with Crippen LogP contribution in [0.5, 0.6) is 0 Å². The first-order valence-corrected chi connectivity index (χ1v) is 6.59. The molecule has 98 valence electrons. The van der Waals surface area contributed by atoms with Crippen molar-refractivity contribution in [3.05, 3.63) is 18.2 Å². The summed E-state index contributed by atoms with van der Waals surface area (Å²) in [6, 6.07) is 0.665. The van der Waals surface area contributed by atoms with Gasteiger partial charge in [-0.1, -0.05) is 6.92 Å². The number of rotatable bonds is 8. The minimum absolute atomic E-state index is 0.665. The maximum atomic E-state index is 4.16. The number of likely N-dealkylation sites (N-methyl/N-ethyl adjacent to an activating group) is 1. The maximum Gasteiger partial charge on any atom is 0.0948 e. The van der Waals surface area contributed by atoms with E-state index >= 15 is 0 Å². The third-order valence-electron chi connectivity index (χ3n) is 3.43. The van der Waals surface area contributed by atoms with Gasteiger partial charge in [-0.2, -0.15) is 0 Å². The summed E-state index contributed by atoms with van der Waals surface area (Å²) >= 11 is 0. The Morgan fingerprint density at radius 1 is 1.47 bits per heavy atom. The highest BCUT2D eigenvalue weighted by Crippen LogP contribution is 2.00. The van der Waals surface area contributed by atoms with Gasteiger partial charge in [0, 0.05) is 38.4 Å². The fraction of sp³-hybridized carbons (Fsp3) is 0.769. The molecule has 0 aliphatic heterocycles. The summed E-state index contributed by atoms with van der Waals surface area (Å²) in [5, 5.41) is 3.47. The molecule has 0 spiro atoms. The van der Waals surface area contributed by atoms with E-state index in [9.17, 15) is 0 Å². The van der Waals surface area contributed by atoms with Crippen molar-refractivity contribution < 1.29 is 0 Å². The lowest BCUT2D eigenvalue weighted by atomic mass is 10.2. The predicted octanol–water partition coefficient (Wildman–Crippen LogP) is 1.72. The number of aryl methyl sites for hydroxylation is 1. The summed E-state index contributed by atoms with van der Waals surface area (Å²) < 4.78 is 2.17. The molecule has 4 nitrogen and oxygen atoms in total. The summed E-state index contributed by atoms with van der Waals surface area (Å²) in [5.41, 5.74) is 1.26. The Kier molecular flexibility index (Phi) is 6.22. The lowest BCUT2D eigenvalue weighted by Crippen LogP contribution is -2.35. The van der Waals surface area contributed by atoms with Crippen molar-refractivity contribution in [2.24, 2.45) is 0 Å². The molecular weight excluding hydrogens is 212 g/mol. The Balaban J connectivity index is 2.20. The van der Waals surface area contributed by atoms with Crippen LogP contribution in [-0.4, -0.2) is 40.6 Å². The predicted molar refractivity (Wildman–Crippen MR) is 72.0 cm³/mol. The fourth-order valence-electron chi connectivity index (χ4n) is 1.78. The normalized spacial score (nSPS) is 13.2. The van der Waals surface area contributed by atoms with Gasteiger partial charge < -0.3 is 14.8 Å². The zero-order valence-electron chi connectivity index (χ0n) is 11.6. The quantitative estimate of drug-likeness (QED) is 0.700. The van der Waals surface area contributed by atoms with Gasteiger partial charge in [0.25, 0.3) is 0 Å². The topological polar surface area (TPSA) is 33.1 Å². The molecule has 0 saturated carbocycles. The highest BCUT2D eigenvalue weighted by Gasteiger charge is 2.05. The molecule has 0 aromatic carbocycles. The molecule has 1 heterocycles. The van der Waals surface area contributed by atoms with Gasteiger partial charge in [-0.15, -0.1) is 0 Å². The second-order valence-corrected chi connectivity index (χ2v) is 4.59. The van der Waals surface area contributed by atoms with Crippen molar-refractivity contribution in [1.29, 1.82) is 0 Å². The van der Waals surface area contributed by atoms with Gasteiger partial charge in [0.2, 0.25) is 0 Å². The summed E-state index contributed by atoms with van der Waals surface area (Å²) in [5.74, 6) is 0. The van der Waals surface area contributed by atoms with Crippen LogP contribution in [-0.2, 0) is 13.1 Å². The van der Waals surface area contributed by atoms with Crippen LogP contribution in [0.4, 0.5) is 0 Å². The van der Waals surface area contributed by atoms with E-state index in [-0.39, 0.29) is 0 Å². The van der Waals surface area contributed by atoms with E-state index in [2.05, 4.69) is 47.6 Å². The molecular formula is C13H26N4. The first-order valence-electron chi connectivity index (χ1n) is 6.59. The molecule has 0 fully saturated rings. The Morgan fingerprint density at radius 3 is 2.88 bits per heavy atom. The zero-order chi connectivity index (χ0) is 12.7. The molecule has 1 N–H and O–H groups in total. The number of imidazole rings is 1. The van der Waals surface area contributed by atoms with Crippen LogP contribution >= 0.6 is 0 Å². The van der Waals surface area contributed by atoms with Crippen molar-refractivity contribution in [2.45, 2.75) is 46.3 Å². The van der Waals surface area contributed by atoms with Crippen molar-refractivity contribution in [3.63, 3.8) is 0 Å². The van der Waals surface area contributed by atoms with Crippen LogP contribution in [0.1, 0.15) is 32.9 Å². The molecule has 1 atom stereocenters. The van der Waals surface area contributed by atoms with E-state index in [0.717, 1.165) is 26.2 Å². The van der Waals surface area contributed by atoms with Gasteiger partial charge in [-0.3, -0.25) is 0 Å². The molecule has 4 heteroatoms. The number of hydrogen-bond acceptors (Lipinski definition) is 3. The molecule has 0 bridgehead atoms. The number of hydrogen-bond donors (Lipinski definition) is 1. The van der Waals surface area contributed by atoms with Crippen molar-refractivity contribution in [1.82, 2.24) is 19.8 Å². The first-order chi connectivity index (χ1) is 8.19. The molecule has 1 aromatic heterocycles. The summed E-state index contributed by atoms with van der Waals surface area (Å²) in [4.78, 5) is 6.55. The van der Waals surface area contributed by atoms with E-state index in [1.807, 2.05) is 12.5 Å². The van der Waals surface area contributed by atoms with E-state index in [1.54, 1.807) is 0 Å². The Morgan fingerprint density at radius 2 is 2.24 bits per heavy atom. The van der Waals surface area contributed by atoms with Gasteiger partial charge in [-0.05, 0) is 27.3 Å². The third-order valence-corrected chi connectivity index (χ3v) is 3.43. The summed E-state index contributed by atoms with van der Waals surface area (Å²) in [6.45, 7) is 10.7. The molecule has 1 rings (SSSR count). The Bertz CT molecular complexity index is 308. The van der Waals surface area contributed by atoms with E-state index in [1.165, 1.54) is 12.1 Å². The van der Waals surface area contributed by atoms with Crippen LogP contribution in [0.2, 0.25) is 0 Å². The second-order valence-electron chi connectivity index (χ2n) is 4.59. The number of nitrogens with one attached hydrogen (secondary N) is 1. The average Bonchev–Trinajstić information content (AvgIpc) is 2.80. The Labute approximate surface area is 105 Å². The molecule has 0 amide bonds. The minimum atomic E-state index is 0.665. The van der Waals surface area contributed by atoms with E-state index < -0.39 is 0 Å². The molecule has 1 aromatic rings. The number of aromatic nitrogens is 2. The van der Waals surface area contributed by atoms with E-state index in [4.69, 9.17) is 0 Å². The molecule has 17 heavy (non-hydrogen) atoms. The van der Waals surface area contributed by atoms with Gasteiger partial charge in [0.1, 0.15) is 0 Å². The smallest absolute Gasteiger partial charge is 0.0948 e. The zero-order valence-corrected chi connectivity index (χ0v) is 11.6. The van der Waals surface area contributed by atoms with Crippen molar-refractivity contribution in [3.8, 4) is 0 Å². The molecule has 0 aliphatic carbocycles. The van der Waals surface area contributed by atoms with Crippen molar-refractivity contribution in [2.75, 3.05) is 20.1 Å². The van der Waals surface area contributed by atoms with Crippen LogP contribution in [0.3, 0.4) is 0 Å². The third kappa shape index (κ3) is 4.48. The highest BCUT2D eigenvalue weighted by atomic mass is 15.1. The molecule has 0 aliphatic rings. The second kappa shape index (κ2) is 7.45. The van der Waals surface area contributed by atoms with Crippen molar-refractivity contribution >= 4 is 0 Å². The molecule has 1 unspecified atom stereocenters. The van der Waals surface area contributed by atoms with Crippen LogP contribution in [0.15, 0.2) is 12.5 Å². The van der Waals surface area contributed by atoms with Crippen LogP contribution in [0, 0.1) is 0 Å². The largest absolute Gasteiger partial charge is 0.334 e. The Hall–Kier alpha value is -0.870. The van der Waals surface area contributed by atoms with Gasteiger partial charge >= 0.3 is 0 Å². The summed E-state index contributed by atoms with van der Waals surface area (Å²) in [6.07, 6.45) is 5.04. The molecule has 0 radical (unpaired) electrons. The first kappa shape index (κ1) is 14.2. The average molecular weight is 238 g/mol. The SMILES string of the molecule is CCC(C)N(C)CCNCc1cncn1CC. The number of nitrogens with zero attached hydrogens (tertiary/aromatic N) is 3. The minimum Gasteiger partial charge on any atom is -0.334 e. The summed E-state index contributed by atoms with van der Waals surface area (Å²) in [7, 11) is 2.19. The lowest BCUT2D eigenvalue weighted by Gasteiger charge is -2.23. The highest BCUT2D eigenvalue weighted by molar-refractivity contribution is 4.97. The van der Waals surface area contributed by atoms with Gasteiger partial charge in [0.15, 0.2) is 0 Å². The fourth-order valence-corrected chi connectivity index (χ4v) is 1.78. The monoisotopic (exact) mass is 238 g/mol. The van der Waals surface area contributed by atoms with Crippen LogP contribution < -0.4 is 5.32 Å². The lowest BCUT2D eigenvalue weighted by molar-refractivity contribution is 0.251. The maximum absolute atomic E-state index is 4.16. The van der Waals surface area contributed by atoms with Crippen LogP contribution in [0.25, 0.3) is 0 Å². The van der Waals surface area contributed by atoms with Gasteiger partial charge in [-0.25, -0.2) is 4.98 Å². The standard InChI is InChI=1S/C13H26N4/c1-5-12(3)16(4)8-7-14-9-13-10-15-11-17(13)6-2/h10-12,14H,5-9H2,1-4H3. The van der Waals surface area contributed by atoms with E-state index in [0.29, 0.717) is 6.04 Å². The molecule has 0 saturated heterocycles.